The molecule has 2 unspecified atom stereocenters. The third-order valence-electron chi connectivity index (χ3n) is 2.66. The van der Waals surface area contributed by atoms with Crippen molar-refractivity contribution in [2.45, 2.75) is 19.8 Å². The number of rotatable bonds is 3. The molecule has 2 rings (SSSR count). The van der Waals surface area contributed by atoms with Gasteiger partial charge in [-0.1, -0.05) is 6.92 Å². The largest absolute Gasteiger partial charge is 0.299 e. The summed E-state index contributed by atoms with van der Waals surface area (Å²) < 4.78 is 0.937. The van der Waals surface area contributed by atoms with Gasteiger partial charge in [0.1, 0.15) is 5.78 Å². The maximum atomic E-state index is 11.7. The zero-order chi connectivity index (χ0) is 10.1. The van der Waals surface area contributed by atoms with Crippen LogP contribution in [0.1, 0.15) is 18.9 Å². The van der Waals surface area contributed by atoms with E-state index in [9.17, 15) is 4.79 Å². The van der Waals surface area contributed by atoms with Crippen molar-refractivity contribution in [3.63, 3.8) is 0 Å². The summed E-state index contributed by atoms with van der Waals surface area (Å²) in [7, 11) is 0. The van der Waals surface area contributed by atoms with Crippen LogP contribution in [0.25, 0.3) is 0 Å². The normalized spacial score (nSPS) is 24.7. The van der Waals surface area contributed by atoms with Gasteiger partial charge in [0, 0.05) is 29.2 Å². The Morgan fingerprint density at radius 2 is 2.36 bits per heavy atom. The molecule has 1 aliphatic rings. The summed E-state index contributed by atoms with van der Waals surface area (Å²) in [5, 5.41) is 0. The van der Waals surface area contributed by atoms with Crippen LogP contribution in [0, 0.1) is 11.8 Å². The van der Waals surface area contributed by atoms with Crippen LogP contribution in [0.15, 0.2) is 22.9 Å². The summed E-state index contributed by atoms with van der Waals surface area (Å²) in [6.07, 6.45) is 5.09. The first kappa shape index (κ1) is 9.84. The van der Waals surface area contributed by atoms with Crippen LogP contribution in [0.4, 0.5) is 0 Å². The third kappa shape index (κ3) is 2.21. The molecule has 14 heavy (non-hydrogen) atoms. The Hall–Kier alpha value is -0.700. The molecule has 74 valence electrons. The molecule has 2 nitrogen and oxygen atoms in total. The molecule has 0 spiro atoms. The number of ketones is 1. The van der Waals surface area contributed by atoms with Crippen molar-refractivity contribution in [1.29, 1.82) is 0 Å². The highest BCUT2D eigenvalue weighted by atomic mass is 79.9. The second-order valence-corrected chi connectivity index (χ2v) is 4.89. The van der Waals surface area contributed by atoms with Crippen molar-refractivity contribution in [2.24, 2.45) is 11.8 Å². The highest BCUT2D eigenvalue weighted by Crippen LogP contribution is 2.39. The number of Topliss-reactive ketones (excluding diaryl/α,β-unsaturated/α-hetero) is 1. The highest BCUT2D eigenvalue weighted by Gasteiger charge is 2.38. The predicted molar refractivity (Wildman–Crippen MR) is 57.9 cm³/mol. The lowest BCUT2D eigenvalue weighted by Crippen LogP contribution is -2.06. The molecule has 3 heteroatoms. The lowest BCUT2D eigenvalue weighted by atomic mass is 10.1. The molecule has 0 bridgehead atoms. The maximum absolute atomic E-state index is 11.7. The minimum Gasteiger partial charge on any atom is -0.299 e. The van der Waals surface area contributed by atoms with Crippen molar-refractivity contribution in [3.05, 3.63) is 28.5 Å². The van der Waals surface area contributed by atoms with Gasteiger partial charge < -0.3 is 0 Å². The van der Waals surface area contributed by atoms with Crippen LogP contribution in [0.2, 0.25) is 0 Å². The average molecular weight is 254 g/mol. The summed E-state index contributed by atoms with van der Waals surface area (Å²) in [6.45, 7) is 2.13. The number of halogens is 1. The molecule has 2 atom stereocenters. The van der Waals surface area contributed by atoms with E-state index in [-0.39, 0.29) is 0 Å². The van der Waals surface area contributed by atoms with E-state index in [2.05, 4.69) is 27.8 Å². The number of pyridine rings is 1. The van der Waals surface area contributed by atoms with E-state index in [1.54, 1.807) is 12.4 Å². The first-order chi connectivity index (χ1) is 6.66. The molecular formula is C11H12BrNO. The van der Waals surface area contributed by atoms with Gasteiger partial charge in [0.2, 0.25) is 0 Å². The average Bonchev–Trinajstić information content (AvgIpc) is 2.82. The molecule has 0 N–H and O–H groups in total. The molecule has 0 saturated heterocycles. The van der Waals surface area contributed by atoms with E-state index in [4.69, 9.17) is 0 Å². The number of hydrogen-bond acceptors (Lipinski definition) is 2. The van der Waals surface area contributed by atoms with Crippen LogP contribution < -0.4 is 0 Å². The Balaban J connectivity index is 2.00. The summed E-state index contributed by atoms with van der Waals surface area (Å²) in [4.78, 5) is 15.7. The van der Waals surface area contributed by atoms with Crippen molar-refractivity contribution in [3.8, 4) is 0 Å². The minimum atomic E-state index is 0.314. The van der Waals surface area contributed by atoms with E-state index < -0.39 is 0 Å². The number of aromatic nitrogens is 1. The van der Waals surface area contributed by atoms with Crippen molar-refractivity contribution in [2.75, 3.05) is 0 Å². The van der Waals surface area contributed by atoms with E-state index in [0.717, 1.165) is 16.5 Å². The van der Waals surface area contributed by atoms with Crippen LogP contribution in [0.5, 0.6) is 0 Å². The molecule has 1 aliphatic carbocycles. The van der Waals surface area contributed by atoms with Gasteiger partial charge in [-0.15, -0.1) is 0 Å². The van der Waals surface area contributed by atoms with Crippen molar-refractivity contribution in [1.82, 2.24) is 4.98 Å². The van der Waals surface area contributed by atoms with Gasteiger partial charge in [-0.25, -0.2) is 0 Å². The molecule has 1 heterocycles. The Morgan fingerprint density at radius 1 is 1.64 bits per heavy atom. The standard InChI is InChI=1S/C11H12BrNO/c1-7-2-10(7)11(14)4-8-3-9(12)6-13-5-8/h3,5-7,10H,2,4H2,1H3. The summed E-state index contributed by atoms with van der Waals surface area (Å²) in [5.74, 6) is 1.27. The van der Waals surface area contributed by atoms with E-state index >= 15 is 0 Å². The number of carbonyl (C=O) groups is 1. The fourth-order valence-corrected chi connectivity index (χ4v) is 2.07. The maximum Gasteiger partial charge on any atom is 0.140 e. The molecule has 1 saturated carbocycles. The molecule has 0 amide bonds. The second kappa shape index (κ2) is 3.81. The molecule has 0 aliphatic heterocycles. The van der Waals surface area contributed by atoms with Crippen LogP contribution in [-0.4, -0.2) is 10.8 Å². The summed E-state index contributed by atoms with van der Waals surface area (Å²) in [6, 6.07) is 1.96. The Morgan fingerprint density at radius 3 is 2.93 bits per heavy atom. The molecule has 1 fully saturated rings. The number of carbonyl (C=O) groups excluding carboxylic acids is 1. The topological polar surface area (TPSA) is 30.0 Å². The quantitative estimate of drug-likeness (QED) is 0.829. The first-order valence-electron chi connectivity index (χ1n) is 4.79. The molecule has 0 radical (unpaired) electrons. The van der Waals surface area contributed by atoms with E-state index in [1.807, 2.05) is 6.07 Å². The Labute approximate surface area is 91.9 Å². The predicted octanol–water partition coefficient (Wildman–Crippen LogP) is 2.61. The molecule has 1 aromatic heterocycles. The van der Waals surface area contributed by atoms with Gasteiger partial charge in [-0.3, -0.25) is 9.78 Å². The highest BCUT2D eigenvalue weighted by molar-refractivity contribution is 9.10. The molecular weight excluding hydrogens is 242 g/mol. The Bertz CT molecular complexity index is 364. The Kier molecular flexibility index (Phi) is 2.68. The van der Waals surface area contributed by atoms with E-state index in [1.165, 1.54) is 0 Å². The molecule has 0 aromatic carbocycles. The summed E-state index contributed by atoms with van der Waals surface area (Å²) in [5.41, 5.74) is 1.00. The second-order valence-electron chi connectivity index (χ2n) is 3.97. The minimum absolute atomic E-state index is 0.314. The van der Waals surface area contributed by atoms with Gasteiger partial charge in [0.15, 0.2) is 0 Å². The van der Waals surface area contributed by atoms with Gasteiger partial charge in [-0.05, 0) is 39.9 Å². The van der Waals surface area contributed by atoms with E-state index in [0.29, 0.717) is 24.0 Å². The van der Waals surface area contributed by atoms with Gasteiger partial charge in [0.05, 0.1) is 0 Å². The fraction of sp³-hybridized carbons (Fsp3) is 0.455. The van der Waals surface area contributed by atoms with Crippen LogP contribution in [0.3, 0.4) is 0 Å². The zero-order valence-corrected chi connectivity index (χ0v) is 9.62. The smallest absolute Gasteiger partial charge is 0.140 e. The zero-order valence-electron chi connectivity index (χ0n) is 8.03. The van der Waals surface area contributed by atoms with Crippen molar-refractivity contribution < 1.29 is 4.79 Å². The fourth-order valence-electron chi connectivity index (χ4n) is 1.66. The van der Waals surface area contributed by atoms with Gasteiger partial charge >= 0.3 is 0 Å². The number of nitrogens with zero attached hydrogens (tertiary/aromatic N) is 1. The number of hydrogen-bond donors (Lipinski definition) is 0. The third-order valence-corrected chi connectivity index (χ3v) is 3.10. The lowest BCUT2D eigenvalue weighted by molar-refractivity contribution is -0.119. The first-order valence-corrected chi connectivity index (χ1v) is 5.58. The summed E-state index contributed by atoms with van der Waals surface area (Å²) >= 11 is 3.34. The van der Waals surface area contributed by atoms with Crippen LogP contribution in [-0.2, 0) is 11.2 Å². The molecule has 1 aromatic rings. The monoisotopic (exact) mass is 253 g/mol. The van der Waals surface area contributed by atoms with Gasteiger partial charge in [-0.2, -0.15) is 0 Å². The lowest BCUT2D eigenvalue weighted by Gasteiger charge is -1.99. The van der Waals surface area contributed by atoms with Gasteiger partial charge in [0.25, 0.3) is 0 Å². The van der Waals surface area contributed by atoms with Crippen LogP contribution >= 0.6 is 15.9 Å². The SMILES string of the molecule is CC1CC1C(=O)Cc1cncc(Br)c1. The van der Waals surface area contributed by atoms with Crippen molar-refractivity contribution >= 4 is 21.7 Å².